The van der Waals surface area contributed by atoms with Crippen LogP contribution in [0.1, 0.15) is 13.3 Å². The van der Waals surface area contributed by atoms with Crippen molar-refractivity contribution in [1.29, 1.82) is 0 Å². The fraction of sp³-hybridized carbons (Fsp3) is 1.00. The molecule has 0 saturated carbocycles. The summed E-state index contributed by atoms with van der Waals surface area (Å²) in [7, 11) is 0. The second-order valence-electron chi connectivity index (χ2n) is 3.69. The van der Waals surface area contributed by atoms with E-state index >= 15 is 0 Å². The van der Waals surface area contributed by atoms with Crippen molar-refractivity contribution in [2.75, 3.05) is 32.8 Å². The third-order valence-corrected chi connectivity index (χ3v) is 2.97. The molecule has 1 N–H and O–H groups in total. The van der Waals surface area contributed by atoms with Crippen LogP contribution in [0.5, 0.6) is 0 Å². The normalized spacial score (nSPS) is 37.8. The van der Waals surface area contributed by atoms with E-state index < -0.39 is 0 Å². The average Bonchev–Trinajstić information content (AvgIpc) is 2.17. The molecule has 2 aliphatic heterocycles. The Balaban J connectivity index is 1.99. The van der Waals surface area contributed by atoms with Gasteiger partial charge in [0.1, 0.15) is 0 Å². The summed E-state index contributed by atoms with van der Waals surface area (Å²) in [6, 6.07) is 1.38. The zero-order chi connectivity index (χ0) is 8.39. The minimum Gasteiger partial charge on any atom is -0.378 e. The summed E-state index contributed by atoms with van der Waals surface area (Å²) in [4.78, 5) is 2.61. The Kier molecular flexibility index (Phi) is 2.63. The van der Waals surface area contributed by atoms with Crippen molar-refractivity contribution in [3.8, 4) is 0 Å². The first-order chi connectivity index (χ1) is 5.92. The lowest BCUT2D eigenvalue weighted by atomic mass is 10.1. The van der Waals surface area contributed by atoms with Crippen LogP contribution < -0.4 is 5.32 Å². The van der Waals surface area contributed by atoms with Crippen molar-refractivity contribution in [2.45, 2.75) is 25.4 Å². The molecule has 2 unspecified atom stereocenters. The molecule has 2 atom stereocenters. The second kappa shape index (κ2) is 3.73. The molecule has 0 amide bonds. The number of morpholine rings is 1. The van der Waals surface area contributed by atoms with Gasteiger partial charge in [0.25, 0.3) is 0 Å². The minimum atomic E-state index is 0.637. The summed E-state index contributed by atoms with van der Waals surface area (Å²) >= 11 is 0. The van der Waals surface area contributed by atoms with Crippen molar-refractivity contribution in [1.82, 2.24) is 10.2 Å². The van der Waals surface area contributed by atoms with E-state index in [9.17, 15) is 0 Å². The van der Waals surface area contributed by atoms with E-state index in [1.807, 2.05) is 0 Å². The molecule has 0 aromatic heterocycles. The van der Waals surface area contributed by atoms with Crippen LogP contribution in [0.3, 0.4) is 0 Å². The molecule has 12 heavy (non-hydrogen) atoms. The first-order valence-electron chi connectivity index (χ1n) is 4.96. The highest BCUT2D eigenvalue weighted by Crippen LogP contribution is 2.15. The highest BCUT2D eigenvalue weighted by atomic mass is 16.5. The summed E-state index contributed by atoms with van der Waals surface area (Å²) in [6.45, 7) is 7.51. The van der Waals surface area contributed by atoms with Crippen molar-refractivity contribution >= 4 is 0 Å². The van der Waals surface area contributed by atoms with Crippen molar-refractivity contribution in [2.24, 2.45) is 0 Å². The minimum absolute atomic E-state index is 0.637. The highest BCUT2D eigenvalue weighted by molar-refractivity contribution is 4.88. The highest BCUT2D eigenvalue weighted by Gasteiger charge is 2.31. The van der Waals surface area contributed by atoms with Gasteiger partial charge in [0.2, 0.25) is 0 Å². The lowest BCUT2D eigenvalue weighted by Gasteiger charge is -2.44. The smallest absolute Gasteiger partial charge is 0.0635 e. The monoisotopic (exact) mass is 170 g/mol. The topological polar surface area (TPSA) is 24.5 Å². The maximum absolute atomic E-state index is 5.45. The zero-order valence-electron chi connectivity index (χ0n) is 7.75. The lowest BCUT2D eigenvalue weighted by Crippen LogP contribution is -2.61. The van der Waals surface area contributed by atoms with E-state index in [0.29, 0.717) is 6.04 Å². The van der Waals surface area contributed by atoms with E-state index in [1.165, 1.54) is 6.42 Å². The Morgan fingerprint density at radius 2 is 2.42 bits per heavy atom. The molecule has 2 rings (SSSR count). The van der Waals surface area contributed by atoms with Gasteiger partial charge in [0.15, 0.2) is 0 Å². The molecule has 2 saturated heterocycles. The van der Waals surface area contributed by atoms with Gasteiger partial charge in [-0.15, -0.1) is 0 Å². The number of rotatable bonds is 1. The van der Waals surface area contributed by atoms with E-state index in [-0.39, 0.29) is 0 Å². The first-order valence-corrected chi connectivity index (χ1v) is 4.96. The molecule has 2 fully saturated rings. The van der Waals surface area contributed by atoms with E-state index in [4.69, 9.17) is 4.74 Å². The second-order valence-corrected chi connectivity index (χ2v) is 3.69. The Morgan fingerprint density at radius 3 is 3.25 bits per heavy atom. The van der Waals surface area contributed by atoms with Gasteiger partial charge in [0.05, 0.1) is 13.2 Å². The molecule has 2 aliphatic rings. The van der Waals surface area contributed by atoms with Crippen LogP contribution in [0.2, 0.25) is 0 Å². The average molecular weight is 170 g/mol. The fourth-order valence-electron chi connectivity index (χ4n) is 2.24. The van der Waals surface area contributed by atoms with Crippen LogP contribution in [0.15, 0.2) is 0 Å². The molecule has 3 nitrogen and oxygen atoms in total. The van der Waals surface area contributed by atoms with Crippen LogP contribution in [-0.4, -0.2) is 49.8 Å². The third-order valence-electron chi connectivity index (χ3n) is 2.97. The van der Waals surface area contributed by atoms with Crippen molar-refractivity contribution in [3.63, 3.8) is 0 Å². The summed E-state index contributed by atoms with van der Waals surface area (Å²) in [5.41, 5.74) is 0. The molecule has 2 heterocycles. The number of ether oxygens (including phenoxy) is 1. The molecular formula is C9H18N2O. The van der Waals surface area contributed by atoms with E-state index in [0.717, 1.165) is 38.9 Å². The van der Waals surface area contributed by atoms with Gasteiger partial charge < -0.3 is 10.1 Å². The number of nitrogens with zero attached hydrogens (tertiary/aromatic N) is 1. The van der Waals surface area contributed by atoms with Gasteiger partial charge in [-0.25, -0.2) is 0 Å². The van der Waals surface area contributed by atoms with Gasteiger partial charge in [-0.2, -0.15) is 0 Å². The fourth-order valence-corrected chi connectivity index (χ4v) is 2.24. The third kappa shape index (κ3) is 1.49. The van der Waals surface area contributed by atoms with Gasteiger partial charge in [-0.05, 0) is 6.42 Å². The maximum Gasteiger partial charge on any atom is 0.0635 e. The number of fused-ring (bicyclic) bond motifs is 1. The Bertz CT molecular complexity index is 143. The molecular weight excluding hydrogens is 152 g/mol. The largest absolute Gasteiger partial charge is 0.378 e. The van der Waals surface area contributed by atoms with Gasteiger partial charge >= 0.3 is 0 Å². The molecule has 0 bridgehead atoms. The van der Waals surface area contributed by atoms with Crippen LogP contribution in [0.25, 0.3) is 0 Å². The van der Waals surface area contributed by atoms with Crippen molar-refractivity contribution < 1.29 is 4.74 Å². The predicted molar refractivity (Wildman–Crippen MR) is 48.3 cm³/mol. The summed E-state index contributed by atoms with van der Waals surface area (Å²) < 4.78 is 5.45. The van der Waals surface area contributed by atoms with Gasteiger partial charge in [-0.3, -0.25) is 4.90 Å². The number of hydrogen-bond donors (Lipinski definition) is 1. The SMILES string of the molecule is CCC1CNCC2COCCN12. The van der Waals surface area contributed by atoms with Crippen LogP contribution in [0.4, 0.5) is 0 Å². The van der Waals surface area contributed by atoms with E-state index in [2.05, 4.69) is 17.1 Å². The Hall–Kier alpha value is -0.120. The standard InChI is InChI=1S/C9H18N2O/c1-2-8-5-10-6-9-7-12-4-3-11(8)9/h8-10H,2-7H2,1H3. The van der Waals surface area contributed by atoms with Gasteiger partial charge in [0, 0.05) is 31.7 Å². The molecule has 0 spiro atoms. The Morgan fingerprint density at radius 1 is 1.50 bits per heavy atom. The molecule has 3 heteroatoms. The summed E-state index contributed by atoms with van der Waals surface area (Å²) in [5.74, 6) is 0. The molecule has 0 aromatic carbocycles. The zero-order valence-corrected chi connectivity index (χ0v) is 7.75. The van der Waals surface area contributed by atoms with Crippen molar-refractivity contribution in [3.05, 3.63) is 0 Å². The van der Waals surface area contributed by atoms with Crippen LogP contribution >= 0.6 is 0 Å². The lowest BCUT2D eigenvalue weighted by molar-refractivity contribution is -0.0424. The van der Waals surface area contributed by atoms with Crippen LogP contribution in [-0.2, 0) is 4.74 Å². The predicted octanol–water partition coefficient (Wildman–Crippen LogP) is 0.0690. The van der Waals surface area contributed by atoms with E-state index in [1.54, 1.807) is 0 Å². The first kappa shape index (κ1) is 8.48. The summed E-state index contributed by atoms with van der Waals surface area (Å²) in [5, 5.41) is 3.46. The molecule has 0 radical (unpaired) electrons. The molecule has 0 aromatic rings. The van der Waals surface area contributed by atoms with Gasteiger partial charge in [-0.1, -0.05) is 6.92 Å². The number of nitrogens with one attached hydrogen (secondary N) is 1. The molecule has 0 aliphatic carbocycles. The Labute approximate surface area is 74.1 Å². The summed E-state index contributed by atoms with van der Waals surface area (Å²) in [6.07, 6.45) is 1.25. The number of piperazine rings is 1. The number of hydrogen-bond acceptors (Lipinski definition) is 3. The quantitative estimate of drug-likeness (QED) is 0.602. The molecule has 70 valence electrons. The van der Waals surface area contributed by atoms with Crippen LogP contribution in [0, 0.1) is 0 Å². The maximum atomic E-state index is 5.45.